The number of para-hydroxylation sites is 1. The molecule has 3 nitrogen and oxygen atoms in total. The fourth-order valence-electron chi connectivity index (χ4n) is 2.22. The van der Waals surface area contributed by atoms with Gasteiger partial charge in [-0.2, -0.15) is 0 Å². The minimum absolute atomic E-state index is 0.352. The van der Waals surface area contributed by atoms with Gasteiger partial charge in [-0.1, -0.05) is 32.0 Å². The van der Waals surface area contributed by atoms with Crippen molar-refractivity contribution in [2.75, 3.05) is 19.9 Å². The maximum absolute atomic E-state index is 5.78. The number of ether oxygens (including phenoxy) is 2. The summed E-state index contributed by atoms with van der Waals surface area (Å²) in [6.07, 6.45) is 3.68. The third kappa shape index (κ3) is 4.51. The van der Waals surface area contributed by atoms with Crippen molar-refractivity contribution in [1.29, 1.82) is 0 Å². The number of hydrogen-bond acceptors (Lipinski definition) is 3. The molecule has 0 heterocycles. The summed E-state index contributed by atoms with van der Waals surface area (Å²) in [5.41, 5.74) is 1.22. The van der Waals surface area contributed by atoms with E-state index in [0.29, 0.717) is 12.8 Å². The second-order valence-corrected chi connectivity index (χ2v) is 5.13. The first kappa shape index (κ1) is 14.4. The second kappa shape index (κ2) is 7.51. The molecule has 19 heavy (non-hydrogen) atoms. The van der Waals surface area contributed by atoms with Gasteiger partial charge in [-0.15, -0.1) is 0 Å². The van der Waals surface area contributed by atoms with Crippen LogP contribution < -0.4 is 10.1 Å². The Hall–Kier alpha value is -1.06. The Bertz CT molecular complexity index is 377. The molecule has 0 spiro atoms. The SMILES string of the molecule is CCNC(CC)c1ccccc1OCOCC1CC1. The molecule has 0 aliphatic heterocycles. The molecule has 1 N–H and O–H groups in total. The smallest absolute Gasteiger partial charge is 0.189 e. The van der Waals surface area contributed by atoms with Crippen molar-refractivity contribution in [2.24, 2.45) is 5.92 Å². The first-order valence-corrected chi connectivity index (χ1v) is 7.38. The van der Waals surface area contributed by atoms with E-state index in [4.69, 9.17) is 9.47 Å². The summed E-state index contributed by atoms with van der Waals surface area (Å²) in [7, 11) is 0. The largest absolute Gasteiger partial charge is 0.467 e. The van der Waals surface area contributed by atoms with Crippen LogP contribution in [-0.4, -0.2) is 19.9 Å². The normalized spacial score (nSPS) is 16.3. The molecule has 0 aromatic heterocycles. The van der Waals surface area contributed by atoms with Crippen LogP contribution in [0.4, 0.5) is 0 Å². The summed E-state index contributed by atoms with van der Waals surface area (Å²) in [4.78, 5) is 0. The van der Waals surface area contributed by atoms with Gasteiger partial charge in [-0.05, 0) is 37.8 Å². The van der Waals surface area contributed by atoms with E-state index in [9.17, 15) is 0 Å². The van der Waals surface area contributed by atoms with Crippen molar-refractivity contribution in [3.8, 4) is 5.75 Å². The van der Waals surface area contributed by atoms with Gasteiger partial charge in [0.15, 0.2) is 6.79 Å². The van der Waals surface area contributed by atoms with E-state index in [-0.39, 0.29) is 0 Å². The summed E-state index contributed by atoms with van der Waals surface area (Å²) in [6, 6.07) is 8.58. The number of hydrogen-bond donors (Lipinski definition) is 1. The fourth-order valence-corrected chi connectivity index (χ4v) is 2.22. The Morgan fingerprint density at radius 2 is 2.05 bits per heavy atom. The van der Waals surface area contributed by atoms with Crippen LogP contribution in [0.2, 0.25) is 0 Å². The summed E-state index contributed by atoms with van der Waals surface area (Å²) < 4.78 is 11.3. The Balaban J connectivity index is 1.89. The molecule has 2 rings (SSSR count). The highest BCUT2D eigenvalue weighted by Crippen LogP contribution is 2.29. The average molecular weight is 263 g/mol. The molecule has 1 unspecified atom stereocenters. The fraction of sp³-hybridized carbons (Fsp3) is 0.625. The highest BCUT2D eigenvalue weighted by Gasteiger charge is 2.21. The molecule has 1 aliphatic rings. The molecular formula is C16H25NO2. The van der Waals surface area contributed by atoms with Gasteiger partial charge >= 0.3 is 0 Å². The van der Waals surface area contributed by atoms with Gasteiger partial charge in [0.1, 0.15) is 5.75 Å². The average Bonchev–Trinajstić information content (AvgIpc) is 3.26. The molecule has 1 aromatic rings. The van der Waals surface area contributed by atoms with Crippen LogP contribution >= 0.6 is 0 Å². The van der Waals surface area contributed by atoms with E-state index in [2.05, 4.69) is 31.3 Å². The number of benzene rings is 1. The molecule has 1 saturated carbocycles. The summed E-state index contributed by atoms with van der Waals surface area (Å²) >= 11 is 0. The lowest BCUT2D eigenvalue weighted by Gasteiger charge is -2.20. The molecular weight excluding hydrogens is 238 g/mol. The van der Waals surface area contributed by atoms with Gasteiger partial charge in [0.25, 0.3) is 0 Å². The molecule has 0 radical (unpaired) electrons. The predicted octanol–water partition coefficient (Wildman–Crippen LogP) is 3.51. The number of rotatable bonds is 9. The van der Waals surface area contributed by atoms with Gasteiger partial charge in [0.2, 0.25) is 0 Å². The zero-order chi connectivity index (χ0) is 13.5. The molecule has 3 heteroatoms. The van der Waals surface area contributed by atoms with Crippen LogP contribution in [0.3, 0.4) is 0 Å². The third-order valence-electron chi connectivity index (χ3n) is 3.50. The van der Waals surface area contributed by atoms with Crippen LogP contribution in [0.15, 0.2) is 24.3 Å². The Kier molecular flexibility index (Phi) is 5.67. The quantitative estimate of drug-likeness (QED) is 0.546. The van der Waals surface area contributed by atoms with E-state index in [0.717, 1.165) is 31.2 Å². The highest BCUT2D eigenvalue weighted by atomic mass is 16.7. The van der Waals surface area contributed by atoms with Crippen molar-refractivity contribution in [2.45, 2.75) is 39.2 Å². The Morgan fingerprint density at radius 1 is 1.26 bits per heavy atom. The lowest BCUT2D eigenvalue weighted by atomic mass is 10.0. The van der Waals surface area contributed by atoms with E-state index in [1.807, 2.05) is 12.1 Å². The highest BCUT2D eigenvalue weighted by molar-refractivity contribution is 5.35. The van der Waals surface area contributed by atoms with E-state index >= 15 is 0 Å². The molecule has 0 amide bonds. The van der Waals surface area contributed by atoms with E-state index in [1.54, 1.807) is 0 Å². The van der Waals surface area contributed by atoms with E-state index in [1.165, 1.54) is 18.4 Å². The minimum Gasteiger partial charge on any atom is -0.467 e. The lowest BCUT2D eigenvalue weighted by molar-refractivity contribution is 0.00918. The van der Waals surface area contributed by atoms with Gasteiger partial charge < -0.3 is 14.8 Å². The molecule has 0 bridgehead atoms. The van der Waals surface area contributed by atoms with Crippen LogP contribution in [-0.2, 0) is 4.74 Å². The first-order chi connectivity index (χ1) is 9.35. The van der Waals surface area contributed by atoms with Crippen LogP contribution in [0.5, 0.6) is 5.75 Å². The van der Waals surface area contributed by atoms with Crippen molar-refractivity contribution < 1.29 is 9.47 Å². The monoisotopic (exact) mass is 263 g/mol. The van der Waals surface area contributed by atoms with Gasteiger partial charge in [0.05, 0.1) is 6.61 Å². The second-order valence-electron chi connectivity index (χ2n) is 5.13. The Morgan fingerprint density at radius 3 is 2.74 bits per heavy atom. The predicted molar refractivity (Wildman–Crippen MR) is 77.3 cm³/mol. The summed E-state index contributed by atoms with van der Waals surface area (Å²) in [5.74, 6) is 1.72. The topological polar surface area (TPSA) is 30.5 Å². The maximum Gasteiger partial charge on any atom is 0.189 e. The third-order valence-corrected chi connectivity index (χ3v) is 3.50. The molecule has 106 valence electrons. The number of nitrogens with one attached hydrogen (secondary N) is 1. The molecule has 1 aliphatic carbocycles. The zero-order valence-electron chi connectivity index (χ0n) is 12.0. The van der Waals surface area contributed by atoms with Crippen molar-refractivity contribution >= 4 is 0 Å². The standard InChI is InChI=1S/C16H25NO2/c1-3-15(17-4-2)14-7-5-6-8-16(14)19-12-18-11-13-9-10-13/h5-8,13,15,17H,3-4,9-12H2,1-2H3. The van der Waals surface area contributed by atoms with Gasteiger partial charge in [0, 0.05) is 11.6 Å². The Labute approximate surface area is 116 Å². The van der Waals surface area contributed by atoms with Gasteiger partial charge in [-0.3, -0.25) is 0 Å². The molecule has 1 aromatic carbocycles. The van der Waals surface area contributed by atoms with Crippen molar-refractivity contribution in [3.05, 3.63) is 29.8 Å². The summed E-state index contributed by atoms with van der Waals surface area (Å²) in [5, 5.41) is 3.49. The molecule has 1 atom stereocenters. The van der Waals surface area contributed by atoms with E-state index < -0.39 is 0 Å². The van der Waals surface area contributed by atoms with Crippen molar-refractivity contribution in [3.63, 3.8) is 0 Å². The molecule has 1 fully saturated rings. The van der Waals surface area contributed by atoms with Crippen LogP contribution in [0, 0.1) is 5.92 Å². The van der Waals surface area contributed by atoms with Crippen LogP contribution in [0.1, 0.15) is 44.7 Å². The van der Waals surface area contributed by atoms with Gasteiger partial charge in [-0.25, -0.2) is 0 Å². The van der Waals surface area contributed by atoms with Crippen molar-refractivity contribution in [1.82, 2.24) is 5.32 Å². The maximum atomic E-state index is 5.78. The zero-order valence-corrected chi connectivity index (χ0v) is 12.0. The lowest BCUT2D eigenvalue weighted by Crippen LogP contribution is -2.21. The van der Waals surface area contributed by atoms with Crippen LogP contribution in [0.25, 0.3) is 0 Å². The molecule has 0 saturated heterocycles. The summed E-state index contributed by atoms with van der Waals surface area (Å²) in [6.45, 7) is 6.48. The minimum atomic E-state index is 0.352. The first-order valence-electron chi connectivity index (χ1n) is 7.38.